The molecule has 0 saturated carbocycles. The Bertz CT molecular complexity index is 1070. The van der Waals surface area contributed by atoms with Gasteiger partial charge in [-0.2, -0.15) is 12.6 Å². The summed E-state index contributed by atoms with van der Waals surface area (Å²) in [5.74, 6) is -0.105. The van der Waals surface area contributed by atoms with E-state index in [0.717, 1.165) is 5.56 Å². The SMILES string of the molecule is CCC(C)N(C(=O)C(CS)NC(=O)OC(C)(C)C)C(C(=O)Nc1ccc(OC)cc1)c1cccc(C)c1. The topological polar surface area (TPSA) is 97.0 Å². The van der Waals surface area contributed by atoms with Gasteiger partial charge in [-0.05, 0) is 70.9 Å². The first kappa shape index (κ1) is 30.0. The zero-order valence-corrected chi connectivity index (χ0v) is 23.6. The lowest BCUT2D eigenvalue weighted by Gasteiger charge is -2.38. The lowest BCUT2D eigenvalue weighted by atomic mass is 9.98. The molecule has 0 fully saturated rings. The number of carbonyl (C=O) groups excluding carboxylic acids is 3. The molecule has 0 aromatic heterocycles. The molecule has 0 radical (unpaired) electrons. The summed E-state index contributed by atoms with van der Waals surface area (Å²) in [7, 11) is 1.57. The van der Waals surface area contributed by atoms with Crippen LogP contribution in [0, 0.1) is 6.92 Å². The molecular formula is C28H39N3O5S. The molecule has 8 nitrogen and oxygen atoms in total. The van der Waals surface area contributed by atoms with Gasteiger partial charge in [0.2, 0.25) is 5.91 Å². The van der Waals surface area contributed by atoms with Crippen LogP contribution in [0.3, 0.4) is 0 Å². The summed E-state index contributed by atoms with van der Waals surface area (Å²) in [4.78, 5) is 41.7. The molecule has 202 valence electrons. The first-order chi connectivity index (χ1) is 17.4. The molecule has 0 aliphatic carbocycles. The quantitative estimate of drug-likeness (QED) is 0.371. The second-order valence-electron chi connectivity index (χ2n) is 9.92. The zero-order chi connectivity index (χ0) is 27.8. The number of hydrogen-bond acceptors (Lipinski definition) is 6. The Morgan fingerprint density at radius 1 is 1.08 bits per heavy atom. The van der Waals surface area contributed by atoms with Crippen LogP contribution in [0.2, 0.25) is 0 Å². The normalized spacial score (nSPS) is 13.6. The highest BCUT2D eigenvalue weighted by Gasteiger charge is 2.38. The number of alkyl carbamates (subject to hydrolysis) is 1. The van der Waals surface area contributed by atoms with E-state index >= 15 is 0 Å². The third-order valence-corrected chi connectivity index (χ3v) is 6.10. The Kier molecular flexibility index (Phi) is 10.9. The van der Waals surface area contributed by atoms with Gasteiger partial charge in [0.15, 0.2) is 0 Å². The van der Waals surface area contributed by atoms with Crippen LogP contribution in [0.25, 0.3) is 0 Å². The number of amides is 3. The molecule has 9 heteroatoms. The van der Waals surface area contributed by atoms with Crippen molar-refractivity contribution in [1.82, 2.24) is 10.2 Å². The zero-order valence-electron chi connectivity index (χ0n) is 22.7. The molecule has 2 aromatic rings. The van der Waals surface area contributed by atoms with Crippen molar-refractivity contribution in [3.8, 4) is 5.75 Å². The third kappa shape index (κ3) is 8.70. The number of aryl methyl sites for hydroxylation is 1. The predicted molar refractivity (Wildman–Crippen MR) is 149 cm³/mol. The van der Waals surface area contributed by atoms with E-state index in [9.17, 15) is 14.4 Å². The number of nitrogens with zero attached hydrogens (tertiary/aromatic N) is 1. The number of methoxy groups -OCH3 is 1. The number of rotatable bonds is 10. The maximum Gasteiger partial charge on any atom is 0.408 e. The fourth-order valence-electron chi connectivity index (χ4n) is 3.77. The highest BCUT2D eigenvalue weighted by Crippen LogP contribution is 2.28. The van der Waals surface area contributed by atoms with Crippen molar-refractivity contribution in [2.45, 2.75) is 71.7 Å². The summed E-state index contributed by atoms with van der Waals surface area (Å²) in [6, 6.07) is 12.2. The number of hydrogen-bond donors (Lipinski definition) is 3. The van der Waals surface area contributed by atoms with Crippen LogP contribution in [-0.4, -0.2) is 53.4 Å². The largest absolute Gasteiger partial charge is 0.497 e. The van der Waals surface area contributed by atoms with Crippen LogP contribution in [-0.2, 0) is 14.3 Å². The van der Waals surface area contributed by atoms with E-state index in [-0.39, 0.29) is 17.7 Å². The lowest BCUT2D eigenvalue weighted by molar-refractivity contribution is -0.142. The first-order valence-electron chi connectivity index (χ1n) is 12.3. The summed E-state index contributed by atoms with van der Waals surface area (Å²) in [5.41, 5.74) is 1.45. The maximum atomic E-state index is 13.9. The van der Waals surface area contributed by atoms with Crippen molar-refractivity contribution in [3.63, 3.8) is 0 Å². The summed E-state index contributed by atoms with van der Waals surface area (Å²) in [6.45, 7) is 11.0. The average Bonchev–Trinajstić information content (AvgIpc) is 2.84. The summed E-state index contributed by atoms with van der Waals surface area (Å²) in [6.07, 6.45) is -0.130. The predicted octanol–water partition coefficient (Wildman–Crippen LogP) is 5.13. The molecule has 2 rings (SSSR count). The van der Waals surface area contributed by atoms with Crippen molar-refractivity contribution in [1.29, 1.82) is 0 Å². The van der Waals surface area contributed by atoms with Crippen LogP contribution in [0.5, 0.6) is 5.75 Å². The summed E-state index contributed by atoms with van der Waals surface area (Å²) >= 11 is 4.33. The molecule has 0 aliphatic rings. The van der Waals surface area contributed by atoms with E-state index < -0.39 is 29.7 Å². The number of ether oxygens (including phenoxy) is 2. The van der Waals surface area contributed by atoms with E-state index in [1.54, 1.807) is 52.1 Å². The Balaban J connectivity index is 2.48. The van der Waals surface area contributed by atoms with Crippen molar-refractivity contribution in [2.24, 2.45) is 0 Å². The molecular weight excluding hydrogens is 490 g/mol. The van der Waals surface area contributed by atoms with Gasteiger partial charge in [0.05, 0.1) is 7.11 Å². The minimum Gasteiger partial charge on any atom is -0.497 e. The first-order valence-corrected chi connectivity index (χ1v) is 13.0. The number of benzene rings is 2. The van der Waals surface area contributed by atoms with Crippen molar-refractivity contribution < 1.29 is 23.9 Å². The lowest BCUT2D eigenvalue weighted by Crippen LogP contribution is -2.55. The van der Waals surface area contributed by atoms with Gasteiger partial charge < -0.3 is 25.0 Å². The molecule has 0 aliphatic heterocycles. The van der Waals surface area contributed by atoms with Gasteiger partial charge in [-0.25, -0.2) is 4.79 Å². The van der Waals surface area contributed by atoms with Crippen LogP contribution in [0.15, 0.2) is 48.5 Å². The van der Waals surface area contributed by atoms with E-state index in [2.05, 4.69) is 23.3 Å². The molecule has 0 heterocycles. The molecule has 2 N–H and O–H groups in total. The molecule has 0 saturated heterocycles. The van der Waals surface area contributed by atoms with Crippen LogP contribution in [0.4, 0.5) is 10.5 Å². The minimum atomic E-state index is -0.992. The standard InChI is InChI=1S/C28H39N3O5S/c1-8-19(3)31(26(33)23(17-37)30-27(34)36-28(4,5)6)24(20-11-9-10-18(2)16-20)25(32)29-21-12-14-22(35-7)15-13-21/h9-16,19,23-24,37H,8,17H2,1-7H3,(H,29,32)(H,30,34). The Labute approximate surface area is 225 Å². The summed E-state index contributed by atoms with van der Waals surface area (Å²) in [5, 5.41) is 5.56. The molecule has 3 amide bonds. The highest BCUT2D eigenvalue weighted by atomic mass is 32.1. The van der Waals surface area contributed by atoms with Crippen LogP contribution in [0.1, 0.15) is 58.2 Å². The highest BCUT2D eigenvalue weighted by molar-refractivity contribution is 7.80. The molecule has 0 spiro atoms. The second-order valence-corrected chi connectivity index (χ2v) is 10.3. The van der Waals surface area contributed by atoms with Crippen molar-refractivity contribution >= 4 is 36.2 Å². The minimum absolute atomic E-state index is 0.0334. The average molecular weight is 530 g/mol. The van der Waals surface area contributed by atoms with Gasteiger partial charge in [0.1, 0.15) is 23.4 Å². The number of carbonyl (C=O) groups is 3. The Hall–Kier alpha value is -3.20. The molecule has 37 heavy (non-hydrogen) atoms. The second kappa shape index (κ2) is 13.4. The Morgan fingerprint density at radius 2 is 1.73 bits per heavy atom. The number of nitrogens with one attached hydrogen (secondary N) is 2. The van der Waals surface area contributed by atoms with Gasteiger partial charge in [0.25, 0.3) is 5.91 Å². The Morgan fingerprint density at radius 3 is 2.24 bits per heavy atom. The van der Waals surface area contributed by atoms with Gasteiger partial charge in [-0.15, -0.1) is 0 Å². The maximum absolute atomic E-state index is 13.9. The molecule has 3 unspecified atom stereocenters. The fourth-order valence-corrected chi connectivity index (χ4v) is 4.02. The number of anilines is 1. The van der Waals surface area contributed by atoms with Gasteiger partial charge in [0, 0.05) is 17.5 Å². The summed E-state index contributed by atoms with van der Waals surface area (Å²) < 4.78 is 10.6. The molecule has 3 atom stereocenters. The number of thiol groups is 1. The van der Waals surface area contributed by atoms with E-state index in [1.165, 1.54) is 4.90 Å². The smallest absolute Gasteiger partial charge is 0.408 e. The van der Waals surface area contributed by atoms with E-state index in [4.69, 9.17) is 9.47 Å². The third-order valence-electron chi connectivity index (χ3n) is 5.73. The molecule has 0 bridgehead atoms. The van der Waals surface area contributed by atoms with Crippen molar-refractivity contribution in [3.05, 3.63) is 59.7 Å². The van der Waals surface area contributed by atoms with Crippen molar-refractivity contribution in [2.75, 3.05) is 18.2 Å². The van der Waals surface area contributed by atoms with Gasteiger partial charge in [-0.1, -0.05) is 36.8 Å². The fraction of sp³-hybridized carbons (Fsp3) is 0.464. The molecule has 2 aromatic carbocycles. The van der Waals surface area contributed by atoms with E-state index in [0.29, 0.717) is 23.4 Å². The monoisotopic (exact) mass is 529 g/mol. The van der Waals surface area contributed by atoms with Gasteiger partial charge >= 0.3 is 6.09 Å². The van der Waals surface area contributed by atoms with Gasteiger partial charge in [-0.3, -0.25) is 9.59 Å². The van der Waals surface area contributed by atoms with Crippen LogP contribution >= 0.6 is 12.6 Å². The van der Waals surface area contributed by atoms with Crippen LogP contribution < -0.4 is 15.4 Å². The van der Waals surface area contributed by atoms with E-state index in [1.807, 2.05) is 45.0 Å².